The number of likely N-dealkylation sites (tertiary alicyclic amines) is 1. The van der Waals surface area contributed by atoms with E-state index in [9.17, 15) is 5.21 Å². The molecule has 3 rings (SSSR count). The van der Waals surface area contributed by atoms with Crippen LogP contribution in [0.25, 0.3) is 11.1 Å². The largest absolute Gasteiger partial charge is 0.618 e. The van der Waals surface area contributed by atoms with Crippen LogP contribution in [0.4, 0.5) is 0 Å². The normalized spacial score (nSPS) is 17.4. The molecule has 2 aromatic rings. The zero-order chi connectivity index (χ0) is 18.5. The average molecular weight is 502 g/mol. The number of ether oxygens (including phenoxy) is 1. The Morgan fingerprint density at radius 2 is 1.96 bits per heavy atom. The second-order valence-corrected chi connectivity index (χ2v) is 8.48. The van der Waals surface area contributed by atoms with E-state index in [0.717, 1.165) is 51.6 Å². The van der Waals surface area contributed by atoms with Crippen molar-refractivity contribution in [1.82, 2.24) is 4.90 Å². The van der Waals surface area contributed by atoms with Gasteiger partial charge in [0.1, 0.15) is 10.2 Å². The number of piperidine rings is 1. The molecule has 1 fully saturated rings. The fourth-order valence-corrected chi connectivity index (χ4v) is 4.28. The number of aromatic nitrogens is 1. The van der Waals surface area contributed by atoms with Crippen LogP contribution in [0.1, 0.15) is 26.2 Å². The Labute approximate surface area is 177 Å². The molecule has 1 aromatic heterocycles. The molecule has 0 radical (unpaired) electrons. The van der Waals surface area contributed by atoms with E-state index in [1.165, 1.54) is 32.1 Å². The van der Waals surface area contributed by atoms with E-state index in [1.54, 1.807) is 6.07 Å². The van der Waals surface area contributed by atoms with Crippen molar-refractivity contribution in [1.29, 1.82) is 0 Å². The summed E-state index contributed by atoms with van der Waals surface area (Å²) >= 11 is 6.77. The highest BCUT2D eigenvalue weighted by Gasteiger charge is 2.16. The summed E-state index contributed by atoms with van der Waals surface area (Å²) in [5, 5.41) is 11.6. The molecule has 0 bridgehead atoms. The Bertz CT molecular complexity index is 741. The molecule has 0 amide bonds. The van der Waals surface area contributed by atoms with Gasteiger partial charge in [0.05, 0.1) is 6.61 Å². The Balaban J connectivity index is 0.00000261. The molecule has 0 spiro atoms. The minimum Gasteiger partial charge on any atom is -0.618 e. The van der Waals surface area contributed by atoms with Gasteiger partial charge in [0, 0.05) is 40.6 Å². The van der Waals surface area contributed by atoms with Crippen LogP contribution in [-0.2, 0) is 0 Å². The maximum Gasteiger partial charge on any atom is 0.274 e. The van der Waals surface area contributed by atoms with Crippen LogP contribution in [-0.4, -0.2) is 36.6 Å². The zero-order valence-corrected chi connectivity index (χ0v) is 18.6. The van der Waals surface area contributed by atoms with E-state index < -0.39 is 0 Å². The monoisotopic (exact) mass is 500 g/mol. The molecule has 2 N–H and O–H groups in total. The molecule has 0 aliphatic carbocycles. The summed E-state index contributed by atoms with van der Waals surface area (Å²) in [5.41, 5.74) is 2.00. The molecule has 148 valence electrons. The fourth-order valence-electron chi connectivity index (χ4n) is 3.41. The van der Waals surface area contributed by atoms with Gasteiger partial charge >= 0.3 is 0 Å². The van der Waals surface area contributed by atoms with Gasteiger partial charge in [0.15, 0.2) is 6.20 Å². The Hall–Kier alpha value is -1.15. The molecule has 1 aromatic carbocycles. The molecule has 1 saturated heterocycles. The van der Waals surface area contributed by atoms with Crippen LogP contribution in [0.5, 0.6) is 5.75 Å². The van der Waals surface area contributed by atoms with Crippen molar-refractivity contribution < 1.29 is 14.9 Å². The van der Waals surface area contributed by atoms with Crippen LogP contribution in [0.15, 0.2) is 45.6 Å². The maximum atomic E-state index is 11.6. The van der Waals surface area contributed by atoms with Crippen LogP contribution in [0, 0.1) is 11.1 Å². The van der Waals surface area contributed by atoms with E-state index >= 15 is 0 Å². The highest BCUT2D eigenvalue weighted by molar-refractivity contribution is 9.13. The Morgan fingerprint density at radius 1 is 1.22 bits per heavy atom. The predicted octanol–water partition coefficient (Wildman–Crippen LogP) is 4.19. The second kappa shape index (κ2) is 10.4. The minimum absolute atomic E-state index is 0. The highest BCUT2D eigenvalue weighted by atomic mass is 79.9. The van der Waals surface area contributed by atoms with Crippen molar-refractivity contribution in [2.75, 3.05) is 26.2 Å². The lowest BCUT2D eigenvalue weighted by atomic mass is 10.0. The minimum atomic E-state index is 0. The molecule has 0 unspecified atom stereocenters. The number of halogens is 2. The van der Waals surface area contributed by atoms with Gasteiger partial charge in [0.2, 0.25) is 0 Å². The van der Waals surface area contributed by atoms with Gasteiger partial charge in [-0.05, 0) is 65.4 Å². The van der Waals surface area contributed by atoms with E-state index in [-0.39, 0.29) is 5.48 Å². The van der Waals surface area contributed by atoms with Crippen molar-refractivity contribution in [3.05, 3.63) is 50.8 Å². The first-order valence-electron chi connectivity index (χ1n) is 9.07. The molecule has 7 heteroatoms. The molecule has 27 heavy (non-hydrogen) atoms. The van der Waals surface area contributed by atoms with Gasteiger partial charge in [-0.15, -0.1) is 0 Å². The number of hydrogen-bond acceptors (Lipinski definition) is 3. The molecule has 1 aliphatic heterocycles. The third kappa shape index (κ3) is 5.91. The molecule has 1 aliphatic rings. The topological polar surface area (TPSA) is 70.9 Å². The number of benzene rings is 1. The number of nitrogens with zero attached hydrogens (tertiary/aromatic N) is 2. The number of hydrogen-bond donors (Lipinski definition) is 0. The van der Waals surface area contributed by atoms with Gasteiger partial charge in [-0.25, -0.2) is 0 Å². The quantitative estimate of drug-likeness (QED) is 0.258. The molecule has 1 atom stereocenters. The SMILES string of the molecule is C[C@H]1CCCN(CCCOc2ccc(-c3cc[n+]([O-])c(Br)c3Br)cc2)C1.O. The first kappa shape index (κ1) is 22.1. The fraction of sp³-hybridized carbons (Fsp3) is 0.450. The summed E-state index contributed by atoms with van der Waals surface area (Å²) < 4.78 is 7.90. The van der Waals surface area contributed by atoms with E-state index in [1.807, 2.05) is 24.3 Å². The summed E-state index contributed by atoms with van der Waals surface area (Å²) in [5.74, 6) is 1.71. The molecular formula is C20H26Br2N2O3. The molecule has 2 heterocycles. The van der Waals surface area contributed by atoms with Crippen molar-refractivity contribution in [3.63, 3.8) is 0 Å². The summed E-state index contributed by atoms with van der Waals surface area (Å²) in [6, 6.07) is 9.80. The number of pyridine rings is 1. The summed E-state index contributed by atoms with van der Waals surface area (Å²) in [6.45, 7) is 6.64. The standard InChI is InChI=1S/C20H24Br2N2O2.H2O/c1-15-4-2-10-23(14-15)11-3-13-26-17-7-5-16(6-8-17)18-9-12-24(25)20(22)19(18)21;/h5-9,12,15H,2-4,10-11,13-14H2,1H3;1H2/t15-;/m0./s1. The number of rotatable bonds is 6. The zero-order valence-electron chi connectivity index (χ0n) is 15.5. The van der Waals surface area contributed by atoms with Crippen molar-refractivity contribution in [2.45, 2.75) is 26.2 Å². The predicted molar refractivity (Wildman–Crippen MR) is 115 cm³/mol. The first-order valence-corrected chi connectivity index (χ1v) is 10.7. The Morgan fingerprint density at radius 3 is 2.67 bits per heavy atom. The average Bonchev–Trinajstić information content (AvgIpc) is 2.64. The summed E-state index contributed by atoms with van der Waals surface area (Å²) in [7, 11) is 0. The van der Waals surface area contributed by atoms with E-state index in [2.05, 4.69) is 43.7 Å². The van der Waals surface area contributed by atoms with Crippen LogP contribution < -0.4 is 9.47 Å². The molecule has 0 saturated carbocycles. The van der Waals surface area contributed by atoms with Gasteiger partial charge < -0.3 is 20.3 Å². The summed E-state index contributed by atoms with van der Waals surface area (Å²) in [4.78, 5) is 2.55. The van der Waals surface area contributed by atoms with Crippen LogP contribution >= 0.6 is 31.9 Å². The highest BCUT2D eigenvalue weighted by Crippen LogP contribution is 2.32. The second-order valence-electron chi connectivity index (χ2n) is 6.93. The lowest BCUT2D eigenvalue weighted by Crippen LogP contribution is -2.35. The van der Waals surface area contributed by atoms with Crippen LogP contribution in [0.2, 0.25) is 0 Å². The third-order valence-electron chi connectivity index (χ3n) is 4.78. The van der Waals surface area contributed by atoms with Gasteiger partial charge in [-0.3, -0.25) is 0 Å². The lowest BCUT2D eigenvalue weighted by molar-refractivity contribution is -0.617. The summed E-state index contributed by atoms with van der Waals surface area (Å²) in [6.07, 6.45) is 5.23. The van der Waals surface area contributed by atoms with E-state index in [4.69, 9.17) is 4.74 Å². The third-order valence-corrected chi connectivity index (χ3v) is 6.86. The van der Waals surface area contributed by atoms with Crippen molar-refractivity contribution in [2.24, 2.45) is 5.92 Å². The smallest absolute Gasteiger partial charge is 0.274 e. The first-order chi connectivity index (χ1) is 12.5. The van der Waals surface area contributed by atoms with Gasteiger partial charge in [-0.2, -0.15) is 4.73 Å². The maximum absolute atomic E-state index is 11.6. The van der Waals surface area contributed by atoms with Crippen molar-refractivity contribution >= 4 is 31.9 Å². The van der Waals surface area contributed by atoms with Gasteiger partial charge in [-0.1, -0.05) is 19.1 Å². The van der Waals surface area contributed by atoms with Crippen molar-refractivity contribution in [3.8, 4) is 16.9 Å². The van der Waals surface area contributed by atoms with E-state index in [0.29, 0.717) is 4.60 Å². The van der Waals surface area contributed by atoms with Crippen LogP contribution in [0.3, 0.4) is 0 Å². The molecular weight excluding hydrogens is 476 g/mol. The van der Waals surface area contributed by atoms with Gasteiger partial charge in [0.25, 0.3) is 4.60 Å². The molecule has 5 nitrogen and oxygen atoms in total. The Kier molecular flexibility index (Phi) is 8.54. The lowest BCUT2D eigenvalue weighted by Gasteiger charge is -2.30.